The first-order valence-electron chi connectivity index (χ1n) is 6.27. The average molecular weight is 284 g/mol. The van der Waals surface area contributed by atoms with Gasteiger partial charge in [0.05, 0.1) is 6.04 Å². The van der Waals surface area contributed by atoms with Gasteiger partial charge in [-0.15, -0.1) is 0 Å². The van der Waals surface area contributed by atoms with Crippen molar-refractivity contribution in [3.05, 3.63) is 11.6 Å². The number of hydrogen-bond acceptors (Lipinski definition) is 5. The highest BCUT2D eigenvalue weighted by Gasteiger charge is 2.24. The molecule has 8 nitrogen and oxygen atoms in total. The second-order valence-electron chi connectivity index (χ2n) is 5.33. The van der Waals surface area contributed by atoms with Crippen molar-refractivity contribution in [1.82, 2.24) is 20.1 Å². The molecule has 1 aromatic rings. The van der Waals surface area contributed by atoms with E-state index in [2.05, 4.69) is 15.4 Å². The minimum atomic E-state index is -1.17. The van der Waals surface area contributed by atoms with Crippen LogP contribution in [0.3, 0.4) is 0 Å². The van der Waals surface area contributed by atoms with Crippen LogP contribution in [0.1, 0.15) is 56.6 Å². The quantitative estimate of drug-likeness (QED) is 0.867. The fraction of sp³-hybridized carbons (Fsp3) is 0.667. The maximum absolute atomic E-state index is 11.7. The van der Waals surface area contributed by atoms with Gasteiger partial charge in [0, 0.05) is 7.05 Å². The van der Waals surface area contributed by atoms with Gasteiger partial charge in [0.1, 0.15) is 5.60 Å². The molecule has 0 bridgehead atoms. The van der Waals surface area contributed by atoms with Crippen LogP contribution < -0.4 is 5.32 Å². The molecule has 1 amide bonds. The second-order valence-corrected chi connectivity index (χ2v) is 5.33. The highest BCUT2D eigenvalue weighted by atomic mass is 16.6. The van der Waals surface area contributed by atoms with Crippen LogP contribution in [0, 0.1) is 0 Å². The van der Waals surface area contributed by atoms with Gasteiger partial charge in [0.2, 0.25) is 5.82 Å². The Balaban J connectivity index is 2.84. The molecular formula is C12H20N4O4. The van der Waals surface area contributed by atoms with Crippen molar-refractivity contribution in [3.63, 3.8) is 0 Å². The predicted molar refractivity (Wildman–Crippen MR) is 70.4 cm³/mol. The molecule has 1 atom stereocenters. The zero-order valence-corrected chi connectivity index (χ0v) is 12.3. The Hall–Kier alpha value is -2.12. The fourth-order valence-corrected chi connectivity index (χ4v) is 1.54. The number of carbonyl (C=O) groups is 2. The van der Waals surface area contributed by atoms with Crippen molar-refractivity contribution >= 4 is 12.1 Å². The standard InChI is InChI=1S/C12H20N4O4/c1-6-7(13-11(19)20-12(2,3)4)8-14-9(10(17)18)16(5)15-8/h7H,6H2,1-5H3,(H,13,19)(H,17,18)/t7-/m0/s1. The Morgan fingerprint density at radius 2 is 2.05 bits per heavy atom. The van der Waals surface area contributed by atoms with Crippen molar-refractivity contribution < 1.29 is 19.4 Å². The normalized spacial score (nSPS) is 12.8. The maximum atomic E-state index is 11.7. The largest absolute Gasteiger partial charge is 0.475 e. The van der Waals surface area contributed by atoms with E-state index in [-0.39, 0.29) is 11.6 Å². The van der Waals surface area contributed by atoms with Gasteiger partial charge in [-0.1, -0.05) is 6.92 Å². The molecule has 0 aliphatic rings. The Bertz CT molecular complexity index is 504. The summed E-state index contributed by atoms with van der Waals surface area (Å²) in [5.74, 6) is -1.10. The summed E-state index contributed by atoms with van der Waals surface area (Å²) in [7, 11) is 1.49. The Morgan fingerprint density at radius 3 is 2.45 bits per heavy atom. The van der Waals surface area contributed by atoms with E-state index in [1.54, 1.807) is 20.8 Å². The van der Waals surface area contributed by atoms with E-state index in [1.165, 1.54) is 7.05 Å². The lowest BCUT2D eigenvalue weighted by atomic mass is 10.2. The third kappa shape index (κ3) is 4.22. The molecule has 0 radical (unpaired) electrons. The minimum absolute atomic E-state index is 0.176. The average Bonchev–Trinajstić information content (AvgIpc) is 2.65. The first-order chi connectivity index (χ1) is 9.14. The van der Waals surface area contributed by atoms with Gasteiger partial charge in [-0.2, -0.15) is 5.10 Å². The van der Waals surface area contributed by atoms with Gasteiger partial charge >= 0.3 is 12.1 Å². The smallest absolute Gasteiger partial charge is 0.408 e. The van der Waals surface area contributed by atoms with Crippen LogP contribution in [0.25, 0.3) is 0 Å². The number of aromatic nitrogens is 3. The van der Waals surface area contributed by atoms with Crippen LogP contribution in [-0.4, -0.2) is 37.5 Å². The first kappa shape index (κ1) is 15.9. The lowest BCUT2D eigenvalue weighted by Crippen LogP contribution is -2.35. The van der Waals surface area contributed by atoms with Crippen LogP contribution in [0.2, 0.25) is 0 Å². The van der Waals surface area contributed by atoms with E-state index < -0.39 is 23.7 Å². The number of alkyl carbamates (subject to hydrolysis) is 1. The van der Waals surface area contributed by atoms with Crippen molar-refractivity contribution in [2.45, 2.75) is 45.8 Å². The number of amides is 1. The van der Waals surface area contributed by atoms with Gasteiger partial charge in [0.25, 0.3) is 0 Å². The van der Waals surface area contributed by atoms with Gasteiger partial charge in [-0.05, 0) is 27.2 Å². The second kappa shape index (κ2) is 5.89. The fourth-order valence-electron chi connectivity index (χ4n) is 1.54. The minimum Gasteiger partial charge on any atom is -0.475 e. The molecule has 0 spiro atoms. The number of ether oxygens (including phenoxy) is 1. The lowest BCUT2D eigenvalue weighted by molar-refractivity contribution is 0.0499. The van der Waals surface area contributed by atoms with Crippen LogP contribution in [0.4, 0.5) is 4.79 Å². The Morgan fingerprint density at radius 1 is 1.45 bits per heavy atom. The number of nitrogens with one attached hydrogen (secondary N) is 1. The molecule has 20 heavy (non-hydrogen) atoms. The Kier molecular flexibility index (Phi) is 4.69. The molecule has 0 saturated heterocycles. The van der Waals surface area contributed by atoms with Crippen LogP contribution >= 0.6 is 0 Å². The molecule has 2 N–H and O–H groups in total. The monoisotopic (exact) mass is 284 g/mol. The molecule has 0 aliphatic heterocycles. The molecule has 0 aromatic carbocycles. The van der Waals surface area contributed by atoms with E-state index in [0.717, 1.165) is 4.68 Å². The summed E-state index contributed by atoms with van der Waals surface area (Å²) in [6.07, 6.45) is -0.0730. The summed E-state index contributed by atoms with van der Waals surface area (Å²) in [6.45, 7) is 7.11. The molecule has 0 unspecified atom stereocenters. The van der Waals surface area contributed by atoms with Gasteiger partial charge in [0.15, 0.2) is 5.82 Å². The number of aromatic carboxylic acids is 1. The zero-order chi connectivity index (χ0) is 15.5. The van der Waals surface area contributed by atoms with Crippen molar-refractivity contribution in [2.24, 2.45) is 7.05 Å². The number of rotatable bonds is 4. The third-order valence-electron chi connectivity index (χ3n) is 2.38. The molecule has 112 valence electrons. The molecule has 0 fully saturated rings. The molecule has 1 aromatic heterocycles. The van der Waals surface area contributed by atoms with Crippen LogP contribution in [-0.2, 0) is 11.8 Å². The molecule has 0 aliphatic carbocycles. The van der Waals surface area contributed by atoms with E-state index in [1.807, 2.05) is 6.92 Å². The van der Waals surface area contributed by atoms with Gasteiger partial charge in [-0.3, -0.25) is 0 Å². The summed E-state index contributed by atoms with van der Waals surface area (Å²) >= 11 is 0. The summed E-state index contributed by atoms with van der Waals surface area (Å²) in [6, 6.07) is -0.496. The lowest BCUT2D eigenvalue weighted by Gasteiger charge is -2.21. The highest BCUT2D eigenvalue weighted by molar-refractivity contribution is 5.83. The van der Waals surface area contributed by atoms with Crippen LogP contribution in [0.5, 0.6) is 0 Å². The number of nitrogens with zero attached hydrogens (tertiary/aromatic N) is 3. The Labute approximate surface area is 117 Å². The van der Waals surface area contributed by atoms with Gasteiger partial charge < -0.3 is 15.2 Å². The number of carbonyl (C=O) groups excluding carboxylic acids is 1. The number of hydrogen-bond donors (Lipinski definition) is 2. The van der Waals surface area contributed by atoms with E-state index in [9.17, 15) is 9.59 Å². The molecule has 8 heteroatoms. The number of carboxylic acid groups (broad SMARTS) is 1. The first-order valence-corrected chi connectivity index (χ1v) is 6.27. The van der Waals surface area contributed by atoms with Crippen molar-refractivity contribution in [1.29, 1.82) is 0 Å². The van der Waals surface area contributed by atoms with Crippen LogP contribution in [0.15, 0.2) is 0 Å². The van der Waals surface area contributed by atoms with Crippen molar-refractivity contribution in [3.8, 4) is 0 Å². The maximum Gasteiger partial charge on any atom is 0.408 e. The molecule has 0 saturated carbocycles. The summed E-state index contributed by atoms with van der Waals surface area (Å²) in [5, 5.41) is 15.6. The summed E-state index contributed by atoms with van der Waals surface area (Å²) in [5.41, 5.74) is -0.605. The SMILES string of the molecule is CC[C@H](NC(=O)OC(C)(C)C)c1nc(C(=O)O)n(C)n1. The predicted octanol–water partition coefficient (Wildman–Crippen LogP) is 1.49. The van der Waals surface area contributed by atoms with E-state index in [4.69, 9.17) is 9.84 Å². The van der Waals surface area contributed by atoms with E-state index >= 15 is 0 Å². The van der Waals surface area contributed by atoms with Gasteiger partial charge in [-0.25, -0.2) is 19.3 Å². The third-order valence-corrected chi connectivity index (χ3v) is 2.38. The molecule has 1 rings (SSSR count). The number of aryl methyl sites for hydroxylation is 1. The summed E-state index contributed by atoms with van der Waals surface area (Å²) < 4.78 is 6.31. The molecule has 1 heterocycles. The molecular weight excluding hydrogens is 264 g/mol. The summed E-state index contributed by atoms with van der Waals surface area (Å²) in [4.78, 5) is 26.5. The number of carboxylic acids is 1. The zero-order valence-electron chi connectivity index (χ0n) is 12.3. The van der Waals surface area contributed by atoms with Crippen molar-refractivity contribution in [2.75, 3.05) is 0 Å². The van der Waals surface area contributed by atoms with E-state index in [0.29, 0.717) is 6.42 Å². The highest BCUT2D eigenvalue weighted by Crippen LogP contribution is 2.15. The topological polar surface area (TPSA) is 106 Å².